The van der Waals surface area contributed by atoms with Crippen molar-refractivity contribution in [1.82, 2.24) is 0 Å². The average molecular weight is 269 g/mol. The molecule has 1 fully saturated rings. The summed E-state index contributed by atoms with van der Waals surface area (Å²) in [6.45, 7) is 0. The SMILES string of the molecule is N/[N+]([I-])=C/[C@H]1CC[C@@H](C=O)O1. The normalized spacial score (nSPS) is 32.3. The Bertz CT molecular complexity index is 179. The molecule has 5 heteroatoms. The molecule has 2 N–H and O–H groups in total. The number of hydrazine groups is 1. The van der Waals surface area contributed by atoms with Crippen molar-refractivity contribution in [3.05, 3.63) is 0 Å². The van der Waals surface area contributed by atoms with Gasteiger partial charge in [-0.05, 0) is 12.8 Å². The zero-order valence-corrected chi connectivity index (χ0v) is 8.10. The van der Waals surface area contributed by atoms with Crippen LogP contribution in [0.3, 0.4) is 0 Å². The first-order valence-electron chi connectivity index (χ1n) is 3.38. The van der Waals surface area contributed by atoms with Gasteiger partial charge in [-0.1, -0.05) is 0 Å². The van der Waals surface area contributed by atoms with Crippen LogP contribution in [0.4, 0.5) is 0 Å². The number of carbonyl (C=O) groups is 1. The van der Waals surface area contributed by atoms with Crippen LogP contribution in [0.5, 0.6) is 0 Å². The maximum Gasteiger partial charge on any atom is 0.171 e. The van der Waals surface area contributed by atoms with Gasteiger partial charge in [0.25, 0.3) is 0 Å². The molecule has 1 radical (unpaired) electrons. The molecule has 0 aliphatic carbocycles. The summed E-state index contributed by atoms with van der Waals surface area (Å²) in [6.07, 6.45) is 4.04. The maximum atomic E-state index is 10.3. The third-order valence-electron chi connectivity index (χ3n) is 1.55. The van der Waals surface area contributed by atoms with Crippen molar-refractivity contribution >= 4 is 12.5 Å². The number of nitrogens with two attached hydrogens (primary N) is 1. The Hall–Kier alpha value is -0.170. The van der Waals surface area contributed by atoms with Crippen molar-refractivity contribution < 1.29 is 35.3 Å². The highest BCUT2D eigenvalue weighted by atomic mass is 127. The van der Waals surface area contributed by atoms with E-state index in [0.717, 1.165) is 19.1 Å². The Morgan fingerprint density at radius 3 is 2.64 bits per heavy atom. The van der Waals surface area contributed by atoms with E-state index in [1.165, 1.54) is 2.90 Å². The van der Waals surface area contributed by atoms with Crippen LogP contribution >= 0.6 is 0 Å². The molecule has 0 amide bonds. The summed E-state index contributed by atoms with van der Waals surface area (Å²) in [5.74, 6) is 5.36. The second kappa shape index (κ2) is 4.01. The van der Waals surface area contributed by atoms with Crippen molar-refractivity contribution in [3.63, 3.8) is 0 Å². The van der Waals surface area contributed by atoms with Gasteiger partial charge in [0.05, 0.1) is 0 Å². The van der Waals surface area contributed by atoms with Gasteiger partial charge in [-0.2, -0.15) is 0 Å². The molecule has 2 atom stereocenters. The number of aldehydes is 1. The smallest absolute Gasteiger partial charge is 0.171 e. The van der Waals surface area contributed by atoms with E-state index in [1.807, 2.05) is 22.9 Å². The second-order valence-corrected chi connectivity index (χ2v) is 3.53. The molecule has 1 heterocycles. The lowest BCUT2D eigenvalue weighted by atomic mass is 10.2. The Labute approximate surface area is 78.9 Å². The van der Waals surface area contributed by atoms with Crippen molar-refractivity contribution in [3.8, 4) is 0 Å². The fourth-order valence-electron chi connectivity index (χ4n) is 1.06. The van der Waals surface area contributed by atoms with Crippen LogP contribution in [-0.4, -0.2) is 27.6 Å². The number of halogens is 1. The van der Waals surface area contributed by atoms with E-state index < -0.39 is 0 Å². The lowest BCUT2D eigenvalue weighted by Crippen LogP contribution is -3.40. The van der Waals surface area contributed by atoms with Gasteiger partial charge in [0.1, 0.15) is 18.5 Å². The largest absolute Gasteiger partial charge is 0.357 e. The van der Waals surface area contributed by atoms with E-state index in [1.54, 1.807) is 6.21 Å². The van der Waals surface area contributed by atoms with Gasteiger partial charge in [-0.15, -0.1) is 0 Å². The third-order valence-corrected chi connectivity index (χ3v) is 1.87. The molecule has 1 saturated heterocycles. The van der Waals surface area contributed by atoms with Gasteiger partial charge in [0.15, 0.2) is 6.21 Å². The highest BCUT2D eigenvalue weighted by Crippen LogP contribution is 2.15. The van der Waals surface area contributed by atoms with Crippen LogP contribution in [0.2, 0.25) is 0 Å². The summed E-state index contributed by atoms with van der Waals surface area (Å²) in [7, 11) is 0. The van der Waals surface area contributed by atoms with Crippen molar-refractivity contribution in [2.45, 2.75) is 25.0 Å². The van der Waals surface area contributed by atoms with Crippen LogP contribution in [0.15, 0.2) is 0 Å². The molecule has 0 aromatic heterocycles. The number of hydrogen-bond donors (Lipinski definition) is 1. The molecular weight excluding hydrogens is 259 g/mol. The molecule has 0 aromatic rings. The monoisotopic (exact) mass is 269 g/mol. The topological polar surface area (TPSA) is 55.3 Å². The molecule has 0 spiro atoms. The zero-order valence-electron chi connectivity index (χ0n) is 5.94. The summed E-state index contributed by atoms with van der Waals surface area (Å²) in [4.78, 5) is 10.3. The first-order chi connectivity index (χ1) is 5.22. The van der Waals surface area contributed by atoms with E-state index in [4.69, 9.17) is 10.6 Å². The van der Waals surface area contributed by atoms with Crippen LogP contribution in [-0.2, 0) is 9.53 Å². The number of carbonyl (C=O) groups excluding carboxylic acids is 1. The van der Waals surface area contributed by atoms with Crippen LogP contribution in [0.1, 0.15) is 12.8 Å². The minimum absolute atomic E-state index is 0.00657. The van der Waals surface area contributed by atoms with Crippen LogP contribution in [0, 0.1) is 0 Å². The fraction of sp³-hybridized carbons (Fsp3) is 0.667. The van der Waals surface area contributed by atoms with Crippen LogP contribution < -0.4 is 28.7 Å². The molecule has 1 aliphatic heterocycles. The van der Waals surface area contributed by atoms with E-state index in [9.17, 15) is 4.79 Å². The summed E-state index contributed by atoms with van der Waals surface area (Å²) >= 11 is 1.94. The number of hydrogen-bond acceptors (Lipinski definition) is 3. The first-order valence-corrected chi connectivity index (χ1v) is 4.34. The number of hydrazone groups is 1. The molecule has 0 unspecified atom stereocenters. The second-order valence-electron chi connectivity index (χ2n) is 2.42. The third kappa shape index (κ3) is 2.74. The minimum Gasteiger partial charge on any atom is -0.357 e. The zero-order chi connectivity index (χ0) is 8.27. The standard InChI is InChI=1S/C6H10IN2O2/c7-9(8)3-5-1-2-6(4-10)11-5/h3-6H,1-2,8H2/b9-3+/t5-,6+/m1/s1. The Balaban J connectivity index is 2.41. The van der Waals surface area contributed by atoms with E-state index in [0.29, 0.717) is 0 Å². The van der Waals surface area contributed by atoms with Gasteiger partial charge < -0.3 is 32.4 Å². The van der Waals surface area contributed by atoms with Gasteiger partial charge in [-0.25, -0.2) is 5.84 Å². The minimum atomic E-state index is -0.229. The Kier molecular flexibility index (Phi) is 3.25. The Morgan fingerprint density at radius 1 is 1.55 bits per heavy atom. The predicted octanol–water partition coefficient (Wildman–Crippen LogP) is -3.84. The summed E-state index contributed by atoms with van der Waals surface area (Å²) < 4.78 is 6.70. The number of rotatable bonds is 2. The van der Waals surface area contributed by atoms with Gasteiger partial charge >= 0.3 is 0 Å². The highest BCUT2D eigenvalue weighted by molar-refractivity contribution is 5.62. The fourth-order valence-corrected chi connectivity index (χ4v) is 1.42. The summed E-state index contributed by atoms with van der Waals surface area (Å²) in [6, 6.07) is 0. The van der Waals surface area contributed by atoms with Crippen molar-refractivity contribution in [2.24, 2.45) is 5.84 Å². The summed E-state index contributed by atoms with van der Waals surface area (Å²) in [5, 5.41) is 0. The lowest BCUT2D eigenvalue weighted by Gasteiger charge is -2.03. The predicted molar refractivity (Wildman–Crippen MR) is 34.5 cm³/mol. The molecule has 63 valence electrons. The van der Waals surface area contributed by atoms with Gasteiger partial charge in [-0.3, -0.25) is 2.90 Å². The highest BCUT2D eigenvalue weighted by Gasteiger charge is 2.24. The molecule has 1 rings (SSSR count). The molecule has 0 bridgehead atoms. The molecule has 11 heavy (non-hydrogen) atoms. The molecule has 1 aliphatic rings. The average Bonchev–Trinajstić information content (AvgIpc) is 2.34. The van der Waals surface area contributed by atoms with Crippen molar-refractivity contribution in [1.29, 1.82) is 0 Å². The number of ether oxygens (including phenoxy) is 1. The molecule has 4 nitrogen and oxygen atoms in total. The van der Waals surface area contributed by atoms with Crippen molar-refractivity contribution in [2.75, 3.05) is 0 Å². The Morgan fingerprint density at radius 2 is 2.18 bits per heavy atom. The van der Waals surface area contributed by atoms with Gasteiger partial charge in [0, 0.05) is 0 Å². The maximum absolute atomic E-state index is 10.3. The van der Waals surface area contributed by atoms with E-state index in [2.05, 4.69) is 0 Å². The molecule has 0 saturated carbocycles. The quantitative estimate of drug-likeness (QED) is 0.139. The molecular formula is C6H10IN2O2. The van der Waals surface area contributed by atoms with Gasteiger partial charge in [0.2, 0.25) is 0 Å². The summed E-state index contributed by atoms with van der Waals surface area (Å²) in [5.41, 5.74) is 0. The number of nitrogens with zero attached hydrogens (tertiary/aromatic N) is 1. The van der Waals surface area contributed by atoms with E-state index >= 15 is 0 Å². The first kappa shape index (κ1) is 8.92. The van der Waals surface area contributed by atoms with E-state index in [-0.39, 0.29) is 12.2 Å². The molecule has 0 aromatic carbocycles. The van der Waals surface area contributed by atoms with Crippen LogP contribution in [0.25, 0.3) is 0 Å². The lowest BCUT2D eigenvalue weighted by molar-refractivity contribution is -1.07.